The van der Waals surface area contributed by atoms with Crippen molar-refractivity contribution in [3.05, 3.63) is 11.5 Å². The smallest absolute Gasteiger partial charge is 0.198 e. The van der Waals surface area contributed by atoms with Crippen molar-refractivity contribution >= 4 is 21.4 Å². The molecule has 0 N–H and O–H groups in total. The predicted molar refractivity (Wildman–Crippen MR) is 45.9 cm³/mol. The van der Waals surface area contributed by atoms with Crippen LogP contribution in [-0.4, -0.2) is 23.7 Å². The molecule has 0 amide bonds. The number of aryl methyl sites for hydroxylation is 1. The van der Waals surface area contributed by atoms with E-state index in [2.05, 4.69) is 4.98 Å². The summed E-state index contributed by atoms with van der Waals surface area (Å²) in [6, 6.07) is 0. The number of hydrogen-bond acceptors (Lipinski definition) is 3. The standard InChI is InChI=1S/C6H9ClN2O2S/c1-3-12(10,11)6-5(7)9(2)4-8-6/h4H,3H2,1-2H3. The van der Waals surface area contributed by atoms with Gasteiger partial charge in [-0.05, 0) is 0 Å². The third-order valence-corrected chi connectivity index (χ3v) is 3.71. The van der Waals surface area contributed by atoms with Crippen LogP contribution >= 0.6 is 11.6 Å². The summed E-state index contributed by atoms with van der Waals surface area (Å²) in [5, 5.41) is 0.131. The molecule has 1 aromatic rings. The molecule has 0 aliphatic heterocycles. The second kappa shape index (κ2) is 3.06. The number of imidazole rings is 1. The lowest BCUT2D eigenvalue weighted by atomic mass is 10.9. The zero-order chi connectivity index (χ0) is 9.35. The second-order valence-corrected chi connectivity index (χ2v) is 4.91. The average molecular weight is 209 g/mol. The van der Waals surface area contributed by atoms with E-state index < -0.39 is 9.84 Å². The van der Waals surface area contributed by atoms with Crippen LogP contribution in [0.25, 0.3) is 0 Å². The van der Waals surface area contributed by atoms with Gasteiger partial charge in [-0.2, -0.15) is 0 Å². The Labute approximate surface area is 76.1 Å². The Bertz CT molecular complexity index is 382. The fourth-order valence-electron chi connectivity index (χ4n) is 0.739. The fraction of sp³-hybridized carbons (Fsp3) is 0.500. The normalized spacial score (nSPS) is 11.9. The number of nitrogens with zero attached hydrogens (tertiary/aromatic N) is 2. The lowest BCUT2D eigenvalue weighted by Gasteiger charge is -1.96. The van der Waals surface area contributed by atoms with E-state index in [1.165, 1.54) is 10.9 Å². The van der Waals surface area contributed by atoms with Gasteiger partial charge in [0, 0.05) is 7.05 Å². The van der Waals surface area contributed by atoms with Crippen LogP contribution in [0.2, 0.25) is 5.15 Å². The molecular formula is C6H9ClN2O2S. The van der Waals surface area contributed by atoms with E-state index in [1.54, 1.807) is 14.0 Å². The number of aromatic nitrogens is 2. The first-order valence-corrected chi connectivity index (χ1v) is 5.41. The quantitative estimate of drug-likeness (QED) is 0.725. The molecule has 0 fully saturated rings. The molecule has 68 valence electrons. The summed E-state index contributed by atoms with van der Waals surface area (Å²) in [6.45, 7) is 1.56. The first kappa shape index (κ1) is 9.54. The Morgan fingerprint density at radius 3 is 2.58 bits per heavy atom. The van der Waals surface area contributed by atoms with Crippen LogP contribution < -0.4 is 0 Å². The lowest BCUT2D eigenvalue weighted by Crippen LogP contribution is -2.04. The maximum absolute atomic E-state index is 11.3. The summed E-state index contributed by atoms with van der Waals surface area (Å²) < 4.78 is 24.0. The maximum atomic E-state index is 11.3. The molecule has 0 aliphatic rings. The van der Waals surface area contributed by atoms with Gasteiger partial charge in [0.25, 0.3) is 0 Å². The highest BCUT2D eigenvalue weighted by molar-refractivity contribution is 7.91. The number of rotatable bonds is 2. The van der Waals surface area contributed by atoms with Crippen molar-refractivity contribution < 1.29 is 8.42 Å². The van der Waals surface area contributed by atoms with Crippen LogP contribution in [0.15, 0.2) is 11.4 Å². The van der Waals surface area contributed by atoms with Crippen molar-refractivity contribution in [1.29, 1.82) is 0 Å². The molecule has 0 bridgehead atoms. The second-order valence-electron chi connectivity index (χ2n) is 2.35. The van der Waals surface area contributed by atoms with Gasteiger partial charge in [-0.3, -0.25) is 0 Å². The molecule has 0 radical (unpaired) electrons. The summed E-state index contributed by atoms with van der Waals surface area (Å²) in [7, 11) is -1.63. The van der Waals surface area contributed by atoms with Crippen molar-refractivity contribution in [1.82, 2.24) is 9.55 Å². The molecule has 0 saturated carbocycles. The Kier molecular flexibility index (Phi) is 2.44. The topological polar surface area (TPSA) is 52.0 Å². The highest BCUT2D eigenvalue weighted by Crippen LogP contribution is 2.19. The first-order valence-electron chi connectivity index (χ1n) is 3.38. The molecule has 6 heteroatoms. The number of halogens is 1. The Hall–Kier alpha value is -0.550. The van der Waals surface area contributed by atoms with E-state index in [0.29, 0.717) is 0 Å². The minimum absolute atomic E-state index is 0.0176. The lowest BCUT2D eigenvalue weighted by molar-refractivity contribution is 0.594. The van der Waals surface area contributed by atoms with Crippen LogP contribution in [0.5, 0.6) is 0 Å². The van der Waals surface area contributed by atoms with E-state index >= 15 is 0 Å². The van der Waals surface area contributed by atoms with Crippen molar-refractivity contribution in [2.45, 2.75) is 11.9 Å². The zero-order valence-corrected chi connectivity index (χ0v) is 8.35. The molecule has 1 aromatic heterocycles. The van der Waals surface area contributed by atoms with Crippen molar-refractivity contribution in [2.75, 3.05) is 5.75 Å². The molecular weight excluding hydrogens is 200 g/mol. The van der Waals surface area contributed by atoms with Crippen molar-refractivity contribution in [3.8, 4) is 0 Å². The zero-order valence-electron chi connectivity index (χ0n) is 6.78. The molecule has 1 rings (SSSR count). The fourth-order valence-corrected chi connectivity index (χ4v) is 2.07. The summed E-state index contributed by atoms with van der Waals surface area (Å²) in [6.07, 6.45) is 1.38. The average Bonchev–Trinajstić information content (AvgIpc) is 2.33. The largest absolute Gasteiger partial charge is 0.324 e. The van der Waals surface area contributed by atoms with Crippen LogP contribution in [-0.2, 0) is 16.9 Å². The van der Waals surface area contributed by atoms with E-state index in [1.807, 2.05) is 0 Å². The highest BCUT2D eigenvalue weighted by atomic mass is 35.5. The van der Waals surface area contributed by atoms with Crippen LogP contribution in [0.1, 0.15) is 6.92 Å². The van der Waals surface area contributed by atoms with Gasteiger partial charge in [0.2, 0.25) is 0 Å². The third kappa shape index (κ3) is 1.47. The molecule has 0 unspecified atom stereocenters. The van der Waals surface area contributed by atoms with E-state index in [0.717, 1.165) is 0 Å². The Morgan fingerprint density at radius 1 is 1.67 bits per heavy atom. The minimum Gasteiger partial charge on any atom is -0.324 e. The van der Waals surface area contributed by atoms with E-state index in [9.17, 15) is 8.42 Å². The summed E-state index contributed by atoms with van der Waals surface area (Å²) in [4.78, 5) is 3.70. The molecule has 1 heterocycles. The molecule has 0 aliphatic carbocycles. The van der Waals surface area contributed by atoms with Gasteiger partial charge in [-0.1, -0.05) is 18.5 Å². The van der Waals surface area contributed by atoms with Gasteiger partial charge >= 0.3 is 0 Å². The van der Waals surface area contributed by atoms with Gasteiger partial charge in [-0.25, -0.2) is 13.4 Å². The minimum atomic E-state index is -3.27. The SMILES string of the molecule is CCS(=O)(=O)c1ncn(C)c1Cl. The Balaban J connectivity index is 3.30. The van der Waals surface area contributed by atoms with Gasteiger partial charge in [0.1, 0.15) is 5.15 Å². The van der Waals surface area contributed by atoms with Gasteiger partial charge in [0.05, 0.1) is 12.1 Å². The molecule has 0 atom stereocenters. The summed E-state index contributed by atoms with van der Waals surface area (Å²) >= 11 is 5.69. The van der Waals surface area contributed by atoms with Crippen molar-refractivity contribution in [2.24, 2.45) is 7.05 Å². The highest BCUT2D eigenvalue weighted by Gasteiger charge is 2.19. The summed E-state index contributed by atoms with van der Waals surface area (Å²) in [5.41, 5.74) is 0. The van der Waals surface area contributed by atoms with Gasteiger partial charge in [0.15, 0.2) is 14.9 Å². The van der Waals surface area contributed by atoms with Gasteiger partial charge in [-0.15, -0.1) is 0 Å². The number of hydrogen-bond donors (Lipinski definition) is 0. The van der Waals surface area contributed by atoms with Crippen LogP contribution in [0.3, 0.4) is 0 Å². The first-order chi connectivity index (χ1) is 5.49. The molecule has 0 spiro atoms. The Morgan fingerprint density at radius 2 is 2.25 bits per heavy atom. The molecule has 0 saturated heterocycles. The maximum Gasteiger partial charge on any atom is 0.198 e. The monoisotopic (exact) mass is 208 g/mol. The molecule has 0 aromatic carbocycles. The van der Waals surface area contributed by atoms with Crippen LogP contribution in [0.4, 0.5) is 0 Å². The van der Waals surface area contributed by atoms with E-state index in [4.69, 9.17) is 11.6 Å². The predicted octanol–water partition coefficient (Wildman–Crippen LogP) is 0.867. The van der Waals surface area contributed by atoms with Crippen LogP contribution in [0, 0.1) is 0 Å². The molecule has 12 heavy (non-hydrogen) atoms. The summed E-state index contributed by atoms with van der Waals surface area (Å²) in [5.74, 6) is 0.0176. The van der Waals surface area contributed by atoms with Crippen molar-refractivity contribution in [3.63, 3.8) is 0 Å². The van der Waals surface area contributed by atoms with Gasteiger partial charge < -0.3 is 4.57 Å². The van der Waals surface area contributed by atoms with E-state index in [-0.39, 0.29) is 15.9 Å². The number of sulfone groups is 1. The third-order valence-electron chi connectivity index (χ3n) is 1.51. The molecule has 4 nitrogen and oxygen atoms in total.